The molecule has 3 N–H and O–H groups in total. The van der Waals surface area contributed by atoms with Gasteiger partial charge in [0.25, 0.3) is 5.69 Å². The van der Waals surface area contributed by atoms with Gasteiger partial charge in [0.2, 0.25) is 0 Å². The van der Waals surface area contributed by atoms with Gasteiger partial charge in [-0.1, -0.05) is 12.1 Å². The molecule has 0 saturated carbocycles. The minimum Gasteiger partial charge on any atom is -0.507 e. The van der Waals surface area contributed by atoms with E-state index in [0.29, 0.717) is 10.7 Å². The Hall–Kier alpha value is -3.33. The number of phenolic OH excluding ortho intramolecular Hbond substituents is 1. The Balaban J connectivity index is 1.98. The zero-order chi connectivity index (χ0) is 18.0. The number of hydrogen-bond acceptors (Lipinski definition) is 6. The molecule has 126 valence electrons. The molecule has 1 aromatic heterocycles. The molecule has 9 heteroatoms. The van der Waals surface area contributed by atoms with E-state index in [-0.39, 0.29) is 21.9 Å². The Bertz CT molecular complexity index is 979. The highest BCUT2D eigenvalue weighted by atomic mass is 32.2. The summed E-state index contributed by atoms with van der Waals surface area (Å²) in [5, 5.41) is 30.4. The zero-order valence-electron chi connectivity index (χ0n) is 12.5. The molecule has 0 aliphatic rings. The second kappa shape index (κ2) is 6.65. The van der Waals surface area contributed by atoms with Gasteiger partial charge >= 0.3 is 5.97 Å². The van der Waals surface area contributed by atoms with Crippen molar-refractivity contribution in [1.82, 2.24) is 9.97 Å². The van der Waals surface area contributed by atoms with E-state index in [1.54, 1.807) is 6.07 Å². The number of nitrogens with zero attached hydrogens (tertiary/aromatic N) is 2. The number of phenols is 1. The van der Waals surface area contributed by atoms with Crippen molar-refractivity contribution in [3.8, 4) is 5.75 Å². The van der Waals surface area contributed by atoms with Crippen LogP contribution >= 0.6 is 11.8 Å². The number of benzene rings is 2. The largest absolute Gasteiger partial charge is 0.507 e. The van der Waals surface area contributed by atoms with Gasteiger partial charge in [-0.3, -0.25) is 10.1 Å². The van der Waals surface area contributed by atoms with E-state index in [0.717, 1.165) is 35.5 Å². The number of hydrogen-bond donors (Lipinski definition) is 3. The normalized spacial score (nSPS) is 11.6. The Morgan fingerprint density at radius 3 is 2.72 bits per heavy atom. The van der Waals surface area contributed by atoms with Crippen LogP contribution in [0.3, 0.4) is 0 Å². The molecule has 0 fully saturated rings. The smallest absolute Gasteiger partial charge is 0.342 e. The highest BCUT2D eigenvalue weighted by Crippen LogP contribution is 2.31. The third-order valence-electron chi connectivity index (χ3n) is 3.29. The first-order valence-electron chi connectivity index (χ1n) is 6.99. The molecule has 3 rings (SSSR count). The Kier molecular flexibility index (Phi) is 4.40. The van der Waals surface area contributed by atoms with Crippen molar-refractivity contribution >= 4 is 40.5 Å². The van der Waals surface area contributed by atoms with E-state index in [1.807, 2.05) is 18.2 Å². The summed E-state index contributed by atoms with van der Waals surface area (Å²) in [7, 11) is 0. The molecule has 2 aromatic carbocycles. The van der Waals surface area contributed by atoms with Crippen LogP contribution in [0.4, 0.5) is 5.69 Å². The molecular weight excluding hydrogens is 346 g/mol. The first-order chi connectivity index (χ1) is 11.9. The molecule has 0 radical (unpaired) electrons. The van der Waals surface area contributed by atoms with Crippen LogP contribution in [-0.4, -0.2) is 31.1 Å². The van der Waals surface area contributed by atoms with Gasteiger partial charge < -0.3 is 15.2 Å². The number of aromatic nitrogens is 2. The number of para-hydroxylation sites is 2. The molecule has 1 heterocycles. The summed E-state index contributed by atoms with van der Waals surface area (Å²) < 4.78 is 0. The first kappa shape index (κ1) is 16.5. The number of nitrogens with one attached hydrogen (secondary N) is 1. The van der Waals surface area contributed by atoms with E-state index in [9.17, 15) is 25.1 Å². The van der Waals surface area contributed by atoms with Crippen molar-refractivity contribution in [1.29, 1.82) is 0 Å². The molecule has 0 aliphatic carbocycles. The molecule has 0 unspecified atom stereocenters. The van der Waals surface area contributed by atoms with Crippen LogP contribution in [0.25, 0.3) is 17.1 Å². The number of aromatic hydroxyl groups is 1. The third kappa shape index (κ3) is 3.61. The van der Waals surface area contributed by atoms with Gasteiger partial charge in [-0.05, 0) is 36.0 Å². The highest BCUT2D eigenvalue weighted by Gasteiger charge is 2.16. The number of non-ortho nitro benzene ring substituents is 1. The fourth-order valence-corrected chi connectivity index (χ4v) is 2.92. The summed E-state index contributed by atoms with van der Waals surface area (Å²) in [6.07, 6.45) is 1.17. The predicted molar refractivity (Wildman–Crippen MR) is 92.3 cm³/mol. The third-order valence-corrected chi connectivity index (χ3v) is 4.19. The molecule has 3 aromatic rings. The van der Waals surface area contributed by atoms with E-state index in [4.69, 9.17) is 0 Å². The number of imidazole rings is 1. The number of carboxylic acids is 1. The molecule has 0 aliphatic heterocycles. The molecule has 8 nitrogen and oxygen atoms in total. The number of carbonyl (C=O) groups is 1. The van der Waals surface area contributed by atoms with E-state index in [1.165, 1.54) is 6.08 Å². The molecule has 0 saturated heterocycles. The SMILES string of the molecule is O=C(O)/C(=C/c1cc([N+](=O)[O-])ccc1O)Sc1nc2ccccc2[nH]1. The average Bonchev–Trinajstić information content (AvgIpc) is 2.98. The lowest BCUT2D eigenvalue weighted by Crippen LogP contribution is -1.97. The Labute approximate surface area is 145 Å². The fourth-order valence-electron chi connectivity index (χ4n) is 2.13. The lowest BCUT2D eigenvalue weighted by Gasteiger charge is -2.02. The zero-order valence-corrected chi connectivity index (χ0v) is 13.4. The van der Waals surface area contributed by atoms with Crippen molar-refractivity contribution in [2.75, 3.05) is 0 Å². The van der Waals surface area contributed by atoms with Crippen LogP contribution in [0, 0.1) is 10.1 Å². The maximum Gasteiger partial charge on any atom is 0.342 e. The van der Waals surface area contributed by atoms with Crippen LogP contribution in [0.5, 0.6) is 5.75 Å². The van der Waals surface area contributed by atoms with Gasteiger partial charge in [0.1, 0.15) is 10.7 Å². The summed E-state index contributed by atoms with van der Waals surface area (Å²) in [6, 6.07) is 10.6. The number of aliphatic carboxylic acids is 1. The topological polar surface area (TPSA) is 129 Å². The van der Waals surface area contributed by atoms with Gasteiger partial charge in [0.05, 0.1) is 16.0 Å². The summed E-state index contributed by atoms with van der Waals surface area (Å²) in [5.74, 6) is -1.49. The number of rotatable bonds is 5. The molecular formula is C16H11N3O5S. The highest BCUT2D eigenvalue weighted by molar-refractivity contribution is 8.04. The summed E-state index contributed by atoms with van der Waals surface area (Å²) >= 11 is 0.854. The Morgan fingerprint density at radius 1 is 1.28 bits per heavy atom. The molecule has 25 heavy (non-hydrogen) atoms. The van der Waals surface area contributed by atoms with Gasteiger partial charge in [-0.2, -0.15) is 0 Å². The second-order valence-electron chi connectivity index (χ2n) is 4.98. The lowest BCUT2D eigenvalue weighted by atomic mass is 10.1. The standard InChI is InChI=1S/C16H11N3O5S/c20-13-6-5-10(19(23)24)7-9(13)8-14(15(21)22)25-16-17-11-3-1-2-4-12(11)18-16/h1-8,20H,(H,17,18)(H,21,22)/b14-8-. The number of nitro benzene ring substituents is 1. The number of carboxylic acid groups (broad SMARTS) is 1. The number of H-pyrrole nitrogens is 1. The molecule has 0 bridgehead atoms. The summed E-state index contributed by atoms with van der Waals surface area (Å²) in [5.41, 5.74) is 1.23. The predicted octanol–water partition coefficient (Wildman–Crippen LogP) is 3.39. The monoisotopic (exact) mass is 357 g/mol. The van der Waals surface area contributed by atoms with E-state index < -0.39 is 10.9 Å². The minimum absolute atomic E-state index is 0.0372. The number of thioether (sulfide) groups is 1. The number of fused-ring (bicyclic) bond motifs is 1. The van der Waals surface area contributed by atoms with Gasteiger partial charge in [-0.25, -0.2) is 9.78 Å². The van der Waals surface area contributed by atoms with Crippen molar-refractivity contribution in [2.24, 2.45) is 0 Å². The summed E-state index contributed by atoms with van der Waals surface area (Å²) in [4.78, 5) is 28.8. The molecule has 0 spiro atoms. The Morgan fingerprint density at radius 2 is 2.04 bits per heavy atom. The number of aromatic amines is 1. The minimum atomic E-state index is -1.24. The first-order valence-corrected chi connectivity index (χ1v) is 7.80. The van der Waals surface area contributed by atoms with Crippen LogP contribution in [-0.2, 0) is 4.79 Å². The average molecular weight is 357 g/mol. The van der Waals surface area contributed by atoms with Crippen LogP contribution in [0.2, 0.25) is 0 Å². The van der Waals surface area contributed by atoms with E-state index in [2.05, 4.69) is 9.97 Å². The maximum atomic E-state index is 11.5. The summed E-state index contributed by atoms with van der Waals surface area (Å²) in [6.45, 7) is 0. The molecule has 0 amide bonds. The van der Waals surface area contributed by atoms with Gasteiger partial charge in [0.15, 0.2) is 5.16 Å². The second-order valence-corrected chi connectivity index (χ2v) is 6.01. The van der Waals surface area contributed by atoms with Crippen molar-refractivity contribution in [2.45, 2.75) is 5.16 Å². The van der Waals surface area contributed by atoms with Crippen LogP contribution < -0.4 is 0 Å². The van der Waals surface area contributed by atoms with Gasteiger partial charge in [-0.15, -0.1) is 0 Å². The van der Waals surface area contributed by atoms with E-state index >= 15 is 0 Å². The van der Waals surface area contributed by atoms with Crippen LogP contribution in [0.15, 0.2) is 52.5 Å². The quantitative estimate of drug-likeness (QED) is 0.276. The van der Waals surface area contributed by atoms with Crippen molar-refractivity contribution < 1.29 is 19.9 Å². The van der Waals surface area contributed by atoms with Crippen molar-refractivity contribution in [3.63, 3.8) is 0 Å². The lowest BCUT2D eigenvalue weighted by molar-refractivity contribution is -0.384. The van der Waals surface area contributed by atoms with Gasteiger partial charge in [0, 0.05) is 17.7 Å². The van der Waals surface area contributed by atoms with Crippen molar-refractivity contribution in [3.05, 3.63) is 63.0 Å². The number of nitro groups is 1. The maximum absolute atomic E-state index is 11.5. The van der Waals surface area contributed by atoms with Crippen LogP contribution in [0.1, 0.15) is 5.56 Å². The molecule has 0 atom stereocenters. The fraction of sp³-hybridized carbons (Fsp3) is 0.